The van der Waals surface area contributed by atoms with Crippen LogP contribution < -0.4 is 5.32 Å². The Kier molecular flexibility index (Phi) is 4.57. The molecule has 0 saturated carbocycles. The molecule has 13 heavy (non-hydrogen) atoms. The second-order valence-corrected chi connectivity index (χ2v) is 5.23. The Balaban J connectivity index is 2.37. The summed E-state index contributed by atoms with van der Waals surface area (Å²) in [4.78, 5) is 8.09. The maximum Gasteiger partial charge on any atom is 0.222 e. The zero-order valence-electron chi connectivity index (χ0n) is 7.16. The first kappa shape index (κ1) is 10.8. The van der Waals surface area contributed by atoms with Crippen molar-refractivity contribution in [3.8, 4) is 0 Å². The van der Waals surface area contributed by atoms with E-state index in [2.05, 4.69) is 37.9 Å². The molecule has 0 aliphatic carbocycles. The van der Waals surface area contributed by atoms with E-state index in [1.165, 1.54) is 0 Å². The van der Waals surface area contributed by atoms with Gasteiger partial charge in [-0.3, -0.25) is 4.21 Å². The van der Waals surface area contributed by atoms with E-state index in [0.29, 0.717) is 18.2 Å². The molecule has 1 atom stereocenters. The lowest BCUT2D eigenvalue weighted by Gasteiger charge is -2.01. The summed E-state index contributed by atoms with van der Waals surface area (Å²) in [6, 6.07) is 0. The molecule has 72 valence electrons. The second kappa shape index (κ2) is 5.48. The Bertz CT molecular complexity index is 290. The summed E-state index contributed by atoms with van der Waals surface area (Å²) >= 11 is 2.14. The Morgan fingerprint density at radius 2 is 2.15 bits per heavy atom. The molecule has 0 amide bonds. The van der Waals surface area contributed by atoms with Crippen LogP contribution >= 0.6 is 22.6 Å². The lowest BCUT2D eigenvalue weighted by Crippen LogP contribution is -2.11. The molecule has 6 heteroatoms. The van der Waals surface area contributed by atoms with Crippen molar-refractivity contribution in [2.24, 2.45) is 0 Å². The second-order valence-electron chi connectivity index (χ2n) is 2.43. The third kappa shape index (κ3) is 4.51. The zero-order chi connectivity index (χ0) is 9.68. The van der Waals surface area contributed by atoms with Crippen LogP contribution in [0.2, 0.25) is 0 Å². The standard InChI is InChI=1S/C7H10IN3OS/c1-13(12)3-2-9-7-10-4-6(8)5-11-7/h4-5H,2-3H2,1H3,(H,9,10,11). The monoisotopic (exact) mass is 311 g/mol. The number of rotatable bonds is 4. The average molecular weight is 311 g/mol. The van der Waals surface area contributed by atoms with Crippen LogP contribution in [0.4, 0.5) is 5.95 Å². The lowest BCUT2D eigenvalue weighted by atomic mass is 10.6. The van der Waals surface area contributed by atoms with Crippen LogP contribution in [-0.4, -0.2) is 32.7 Å². The predicted molar refractivity (Wildman–Crippen MR) is 62.2 cm³/mol. The molecule has 1 aromatic heterocycles. The molecule has 1 rings (SSSR count). The highest BCUT2D eigenvalue weighted by atomic mass is 127. The summed E-state index contributed by atoms with van der Waals surface area (Å²) in [7, 11) is -0.763. The number of nitrogens with zero attached hydrogens (tertiary/aromatic N) is 2. The number of halogens is 1. The summed E-state index contributed by atoms with van der Waals surface area (Å²) < 4.78 is 11.7. The molecular formula is C7H10IN3OS. The predicted octanol–water partition coefficient (Wildman–Crippen LogP) is 0.872. The van der Waals surface area contributed by atoms with Crippen LogP contribution in [0.1, 0.15) is 0 Å². The van der Waals surface area contributed by atoms with E-state index in [0.717, 1.165) is 3.57 Å². The van der Waals surface area contributed by atoms with Crippen molar-refractivity contribution in [2.75, 3.05) is 23.9 Å². The molecule has 1 heterocycles. The maximum absolute atomic E-state index is 10.7. The van der Waals surface area contributed by atoms with Crippen LogP contribution in [0.3, 0.4) is 0 Å². The van der Waals surface area contributed by atoms with Gasteiger partial charge in [-0.2, -0.15) is 0 Å². The Morgan fingerprint density at radius 1 is 1.54 bits per heavy atom. The van der Waals surface area contributed by atoms with Crippen molar-refractivity contribution in [3.05, 3.63) is 16.0 Å². The van der Waals surface area contributed by atoms with Gasteiger partial charge in [-0.15, -0.1) is 0 Å². The number of hydrogen-bond donors (Lipinski definition) is 1. The normalized spacial score (nSPS) is 12.5. The summed E-state index contributed by atoms with van der Waals surface area (Å²) in [6.07, 6.45) is 5.15. The number of aromatic nitrogens is 2. The average Bonchev–Trinajstić information content (AvgIpc) is 2.08. The first-order valence-corrected chi connectivity index (χ1v) is 6.50. The molecule has 4 nitrogen and oxygen atoms in total. The van der Waals surface area contributed by atoms with Gasteiger partial charge < -0.3 is 5.32 Å². The van der Waals surface area contributed by atoms with E-state index in [4.69, 9.17) is 0 Å². The molecule has 0 spiro atoms. The van der Waals surface area contributed by atoms with E-state index in [-0.39, 0.29) is 0 Å². The van der Waals surface area contributed by atoms with Crippen molar-refractivity contribution in [1.82, 2.24) is 9.97 Å². The van der Waals surface area contributed by atoms with E-state index >= 15 is 0 Å². The van der Waals surface area contributed by atoms with Crippen LogP contribution in [0, 0.1) is 3.57 Å². The quantitative estimate of drug-likeness (QED) is 0.839. The summed E-state index contributed by atoms with van der Waals surface area (Å²) in [5, 5.41) is 2.98. The SMILES string of the molecule is CS(=O)CCNc1ncc(I)cn1. The first-order valence-electron chi connectivity index (χ1n) is 3.70. The fourth-order valence-corrected chi connectivity index (χ4v) is 1.38. The van der Waals surface area contributed by atoms with E-state index in [1.54, 1.807) is 18.6 Å². The minimum atomic E-state index is -0.763. The molecular weight excluding hydrogens is 301 g/mol. The molecule has 0 radical (unpaired) electrons. The summed E-state index contributed by atoms with van der Waals surface area (Å²) in [5.41, 5.74) is 0. The van der Waals surface area contributed by atoms with Crippen molar-refractivity contribution in [2.45, 2.75) is 0 Å². The van der Waals surface area contributed by atoms with Crippen molar-refractivity contribution < 1.29 is 4.21 Å². The van der Waals surface area contributed by atoms with Gasteiger partial charge in [0.2, 0.25) is 5.95 Å². The topological polar surface area (TPSA) is 54.9 Å². The van der Waals surface area contributed by atoms with Gasteiger partial charge in [0.1, 0.15) is 0 Å². The van der Waals surface area contributed by atoms with Crippen LogP contribution in [-0.2, 0) is 10.8 Å². The molecule has 1 aromatic rings. The molecule has 1 unspecified atom stereocenters. The zero-order valence-corrected chi connectivity index (χ0v) is 10.1. The molecule has 0 aliphatic heterocycles. The molecule has 0 fully saturated rings. The van der Waals surface area contributed by atoms with Crippen molar-refractivity contribution in [1.29, 1.82) is 0 Å². The fraction of sp³-hybridized carbons (Fsp3) is 0.429. The Morgan fingerprint density at radius 3 is 2.69 bits per heavy atom. The highest BCUT2D eigenvalue weighted by molar-refractivity contribution is 14.1. The molecule has 1 N–H and O–H groups in total. The van der Waals surface area contributed by atoms with Gasteiger partial charge in [0.05, 0.1) is 0 Å². The highest BCUT2D eigenvalue weighted by Gasteiger charge is 1.95. The Labute approximate surface area is 93.2 Å². The lowest BCUT2D eigenvalue weighted by molar-refractivity contribution is 0.687. The summed E-state index contributed by atoms with van der Waals surface area (Å²) in [5.74, 6) is 1.21. The van der Waals surface area contributed by atoms with E-state index in [1.807, 2.05) is 0 Å². The van der Waals surface area contributed by atoms with Gasteiger partial charge in [0.15, 0.2) is 0 Å². The number of hydrogen-bond acceptors (Lipinski definition) is 4. The molecule has 0 saturated heterocycles. The van der Waals surface area contributed by atoms with Crippen LogP contribution in [0.5, 0.6) is 0 Å². The van der Waals surface area contributed by atoms with Gasteiger partial charge in [0, 0.05) is 45.3 Å². The number of anilines is 1. The van der Waals surface area contributed by atoms with Crippen molar-refractivity contribution >= 4 is 39.3 Å². The van der Waals surface area contributed by atoms with E-state index in [9.17, 15) is 4.21 Å². The van der Waals surface area contributed by atoms with Crippen molar-refractivity contribution in [3.63, 3.8) is 0 Å². The molecule has 0 aliphatic rings. The summed E-state index contributed by atoms with van der Waals surface area (Å²) in [6.45, 7) is 0.643. The number of nitrogens with one attached hydrogen (secondary N) is 1. The first-order chi connectivity index (χ1) is 6.18. The van der Waals surface area contributed by atoms with Gasteiger partial charge in [-0.05, 0) is 22.6 Å². The Hall–Kier alpha value is -0.240. The van der Waals surface area contributed by atoms with Gasteiger partial charge in [-0.1, -0.05) is 0 Å². The van der Waals surface area contributed by atoms with E-state index < -0.39 is 10.8 Å². The van der Waals surface area contributed by atoms with Crippen LogP contribution in [0.15, 0.2) is 12.4 Å². The third-order valence-corrected chi connectivity index (χ3v) is 2.63. The van der Waals surface area contributed by atoms with Gasteiger partial charge in [0.25, 0.3) is 0 Å². The van der Waals surface area contributed by atoms with Crippen LogP contribution in [0.25, 0.3) is 0 Å². The maximum atomic E-state index is 10.7. The molecule has 0 bridgehead atoms. The minimum absolute atomic E-state index is 0.589. The largest absolute Gasteiger partial charge is 0.353 e. The highest BCUT2D eigenvalue weighted by Crippen LogP contribution is 2.01. The third-order valence-electron chi connectivity index (χ3n) is 1.29. The minimum Gasteiger partial charge on any atom is -0.353 e. The smallest absolute Gasteiger partial charge is 0.222 e. The fourth-order valence-electron chi connectivity index (χ4n) is 0.710. The van der Waals surface area contributed by atoms with Gasteiger partial charge >= 0.3 is 0 Å². The van der Waals surface area contributed by atoms with Gasteiger partial charge in [-0.25, -0.2) is 9.97 Å². The molecule has 0 aromatic carbocycles.